The van der Waals surface area contributed by atoms with Crippen LogP contribution in [0.5, 0.6) is 0 Å². The minimum absolute atomic E-state index is 0.0101. The summed E-state index contributed by atoms with van der Waals surface area (Å²) in [4.78, 5) is 28.4. The highest BCUT2D eigenvalue weighted by atomic mass is 16.6. The molecule has 0 bridgehead atoms. The SMILES string of the molecule is CCC(NC(=O)OC(C)(C)C)C(=O)c1nc2ccccc2o1. The number of fused-ring (bicyclic) bond motifs is 1. The Balaban J connectivity index is 2.13. The molecular weight excluding hydrogens is 284 g/mol. The van der Waals surface area contributed by atoms with Crippen LogP contribution >= 0.6 is 0 Å². The van der Waals surface area contributed by atoms with Gasteiger partial charge in [-0.15, -0.1) is 0 Å². The van der Waals surface area contributed by atoms with Crippen molar-refractivity contribution in [1.29, 1.82) is 0 Å². The fraction of sp³-hybridized carbons (Fsp3) is 0.438. The second-order valence-electron chi connectivity index (χ2n) is 5.96. The first kappa shape index (κ1) is 16.0. The minimum atomic E-state index is -0.733. The number of hydrogen-bond donors (Lipinski definition) is 1. The third-order valence-corrected chi connectivity index (χ3v) is 2.92. The Labute approximate surface area is 128 Å². The molecule has 6 nitrogen and oxygen atoms in total. The number of carbonyl (C=O) groups is 2. The zero-order valence-corrected chi connectivity index (χ0v) is 13.2. The fourth-order valence-electron chi connectivity index (χ4n) is 1.93. The summed E-state index contributed by atoms with van der Waals surface area (Å²) >= 11 is 0. The first-order valence-corrected chi connectivity index (χ1v) is 7.19. The van der Waals surface area contributed by atoms with Crippen LogP contribution in [0.3, 0.4) is 0 Å². The molecule has 1 N–H and O–H groups in total. The number of hydrogen-bond acceptors (Lipinski definition) is 5. The van der Waals surface area contributed by atoms with E-state index in [2.05, 4.69) is 10.3 Å². The van der Waals surface area contributed by atoms with Gasteiger partial charge >= 0.3 is 6.09 Å². The van der Waals surface area contributed by atoms with Crippen LogP contribution < -0.4 is 5.32 Å². The number of para-hydroxylation sites is 2. The van der Waals surface area contributed by atoms with Crippen LogP contribution in [0.15, 0.2) is 28.7 Å². The zero-order chi connectivity index (χ0) is 16.3. The van der Waals surface area contributed by atoms with Crippen LogP contribution in [-0.4, -0.2) is 28.5 Å². The lowest BCUT2D eigenvalue weighted by molar-refractivity contribution is 0.0487. The molecule has 0 saturated heterocycles. The average Bonchev–Trinajstić information content (AvgIpc) is 2.86. The summed E-state index contributed by atoms with van der Waals surface area (Å²) in [5, 5.41) is 2.56. The number of ether oxygens (including phenoxy) is 1. The number of ketones is 1. The Kier molecular flexibility index (Phi) is 4.49. The summed E-state index contributed by atoms with van der Waals surface area (Å²) in [6.45, 7) is 7.07. The standard InChI is InChI=1S/C16H20N2O4/c1-5-10(18-15(20)22-16(2,3)4)13(19)14-17-11-8-6-7-9-12(11)21-14/h6-10H,5H2,1-4H3,(H,18,20). The molecule has 1 atom stereocenters. The predicted octanol–water partition coefficient (Wildman–Crippen LogP) is 3.31. The van der Waals surface area contributed by atoms with Gasteiger partial charge in [0, 0.05) is 0 Å². The number of aromatic nitrogens is 1. The predicted molar refractivity (Wildman–Crippen MR) is 81.8 cm³/mol. The van der Waals surface area contributed by atoms with E-state index in [0.717, 1.165) is 0 Å². The summed E-state index contributed by atoms with van der Waals surface area (Å²) in [6.07, 6.45) is -0.222. The van der Waals surface area contributed by atoms with Crippen LogP contribution in [-0.2, 0) is 4.74 Å². The Bertz CT molecular complexity index is 652. The summed E-state index contributed by atoms with van der Waals surface area (Å²) in [6, 6.07) is 6.38. The number of alkyl carbamates (subject to hydrolysis) is 1. The van der Waals surface area contributed by atoms with Gasteiger partial charge in [-0.3, -0.25) is 4.79 Å². The number of Topliss-reactive ketones (excluding diaryl/α,β-unsaturated/α-hetero) is 1. The molecule has 0 aliphatic carbocycles. The molecule has 0 spiro atoms. The van der Waals surface area contributed by atoms with Gasteiger partial charge in [-0.1, -0.05) is 19.1 Å². The smallest absolute Gasteiger partial charge is 0.408 e. The third-order valence-electron chi connectivity index (χ3n) is 2.92. The lowest BCUT2D eigenvalue weighted by Gasteiger charge is -2.22. The highest BCUT2D eigenvalue weighted by molar-refractivity contribution is 5.99. The first-order chi connectivity index (χ1) is 10.3. The Morgan fingerprint density at radius 1 is 1.32 bits per heavy atom. The Morgan fingerprint density at radius 3 is 2.59 bits per heavy atom. The van der Waals surface area contributed by atoms with Gasteiger partial charge in [0.1, 0.15) is 17.2 Å². The van der Waals surface area contributed by atoms with E-state index in [9.17, 15) is 9.59 Å². The van der Waals surface area contributed by atoms with Crippen molar-refractivity contribution in [2.24, 2.45) is 0 Å². The second-order valence-corrected chi connectivity index (χ2v) is 5.96. The second kappa shape index (κ2) is 6.17. The van der Waals surface area contributed by atoms with E-state index < -0.39 is 17.7 Å². The van der Waals surface area contributed by atoms with Crippen LogP contribution in [0, 0.1) is 0 Å². The van der Waals surface area contributed by atoms with E-state index in [0.29, 0.717) is 17.5 Å². The minimum Gasteiger partial charge on any atom is -0.444 e. The van der Waals surface area contributed by atoms with Crippen molar-refractivity contribution >= 4 is 23.0 Å². The van der Waals surface area contributed by atoms with Crippen molar-refractivity contribution < 1.29 is 18.7 Å². The summed E-state index contributed by atoms with van der Waals surface area (Å²) in [5.74, 6) is -0.381. The average molecular weight is 304 g/mol. The van der Waals surface area contributed by atoms with E-state index in [-0.39, 0.29) is 11.7 Å². The van der Waals surface area contributed by atoms with Crippen molar-refractivity contribution in [2.75, 3.05) is 0 Å². The number of oxazole rings is 1. The monoisotopic (exact) mass is 304 g/mol. The maximum absolute atomic E-state index is 12.4. The number of nitrogens with zero attached hydrogens (tertiary/aromatic N) is 1. The number of amides is 1. The Hall–Kier alpha value is -2.37. The van der Waals surface area contributed by atoms with Gasteiger partial charge in [0.2, 0.25) is 5.78 Å². The third kappa shape index (κ3) is 3.84. The molecule has 1 aromatic heterocycles. The summed E-state index contributed by atoms with van der Waals surface area (Å²) in [5.41, 5.74) is 0.527. The van der Waals surface area contributed by atoms with Crippen molar-refractivity contribution in [3.63, 3.8) is 0 Å². The van der Waals surface area contributed by atoms with Crippen LogP contribution in [0.4, 0.5) is 4.79 Å². The highest BCUT2D eigenvalue weighted by Gasteiger charge is 2.27. The van der Waals surface area contributed by atoms with Gasteiger partial charge in [-0.2, -0.15) is 0 Å². The molecule has 2 rings (SSSR count). The zero-order valence-electron chi connectivity index (χ0n) is 13.2. The lowest BCUT2D eigenvalue weighted by Crippen LogP contribution is -2.43. The van der Waals surface area contributed by atoms with E-state index in [1.54, 1.807) is 45.9 Å². The molecule has 0 radical (unpaired) electrons. The molecule has 6 heteroatoms. The number of rotatable bonds is 4. The molecule has 1 heterocycles. The van der Waals surface area contributed by atoms with Crippen molar-refractivity contribution in [1.82, 2.24) is 10.3 Å². The lowest BCUT2D eigenvalue weighted by atomic mass is 10.1. The Morgan fingerprint density at radius 2 is 2.00 bits per heavy atom. The van der Waals surface area contributed by atoms with Crippen molar-refractivity contribution in [3.05, 3.63) is 30.2 Å². The maximum atomic E-state index is 12.4. The number of nitrogens with one attached hydrogen (secondary N) is 1. The van der Waals surface area contributed by atoms with Crippen LogP contribution in [0.25, 0.3) is 11.1 Å². The van der Waals surface area contributed by atoms with Crippen molar-refractivity contribution in [2.45, 2.75) is 45.8 Å². The van der Waals surface area contributed by atoms with Gasteiger partial charge in [0.25, 0.3) is 5.89 Å². The van der Waals surface area contributed by atoms with Gasteiger partial charge in [-0.05, 0) is 39.3 Å². The van der Waals surface area contributed by atoms with E-state index in [1.807, 2.05) is 6.07 Å². The number of carbonyl (C=O) groups excluding carboxylic acids is 2. The molecule has 2 aromatic rings. The molecule has 0 fully saturated rings. The molecule has 1 aromatic carbocycles. The van der Waals surface area contributed by atoms with E-state index >= 15 is 0 Å². The largest absolute Gasteiger partial charge is 0.444 e. The maximum Gasteiger partial charge on any atom is 0.408 e. The molecule has 0 aliphatic heterocycles. The summed E-state index contributed by atoms with van der Waals surface area (Å²) in [7, 11) is 0. The topological polar surface area (TPSA) is 81.4 Å². The molecule has 1 unspecified atom stereocenters. The summed E-state index contributed by atoms with van der Waals surface area (Å²) < 4.78 is 10.6. The molecule has 22 heavy (non-hydrogen) atoms. The molecular formula is C16H20N2O4. The van der Waals surface area contributed by atoms with Gasteiger partial charge < -0.3 is 14.5 Å². The molecule has 1 amide bonds. The van der Waals surface area contributed by atoms with Gasteiger partial charge in [-0.25, -0.2) is 9.78 Å². The van der Waals surface area contributed by atoms with Crippen LogP contribution in [0.1, 0.15) is 44.8 Å². The normalized spacial score (nSPS) is 12.9. The molecule has 118 valence electrons. The van der Waals surface area contributed by atoms with E-state index in [4.69, 9.17) is 9.15 Å². The highest BCUT2D eigenvalue weighted by Crippen LogP contribution is 2.16. The van der Waals surface area contributed by atoms with Crippen molar-refractivity contribution in [3.8, 4) is 0 Å². The van der Waals surface area contributed by atoms with E-state index in [1.165, 1.54) is 0 Å². The first-order valence-electron chi connectivity index (χ1n) is 7.19. The fourth-order valence-corrected chi connectivity index (χ4v) is 1.93. The quantitative estimate of drug-likeness (QED) is 0.876. The number of benzene rings is 1. The molecule has 0 saturated carbocycles. The van der Waals surface area contributed by atoms with Gasteiger partial charge in [0.15, 0.2) is 5.58 Å². The molecule has 0 aliphatic rings. The van der Waals surface area contributed by atoms with Crippen LogP contribution in [0.2, 0.25) is 0 Å². The van der Waals surface area contributed by atoms with Gasteiger partial charge in [0.05, 0.1) is 0 Å².